The molecule has 178 valence electrons. The Balaban J connectivity index is 1.64. The van der Waals surface area contributed by atoms with E-state index in [1.165, 1.54) is 6.08 Å². The minimum Gasteiger partial charge on any atom is -0.490 e. The average molecular weight is 490 g/mol. The lowest BCUT2D eigenvalue weighted by atomic mass is 10.1. The highest BCUT2D eigenvalue weighted by molar-refractivity contribution is 6.30. The van der Waals surface area contributed by atoms with Crippen LogP contribution < -0.4 is 15.4 Å². The van der Waals surface area contributed by atoms with Gasteiger partial charge in [0.1, 0.15) is 12.4 Å². The van der Waals surface area contributed by atoms with E-state index in [-0.39, 0.29) is 5.91 Å². The molecule has 0 saturated carbocycles. The van der Waals surface area contributed by atoms with Crippen LogP contribution in [0.2, 0.25) is 5.02 Å². The third-order valence-corrected chi connectivity index (χ3v) is 5.19. The number of ether oxygens (including phenoxy) is 1. The van der Waals surface area contributed by atoms with Crippen molar-refractivity contribution in [2.75, 3.05) is 37.9 Å². The Bertz CT molecular complexity index is 1380. The highest BCUT2D eigenvalue weighted by atomic mass is 35.5. The molecule has 35 heavy (non-hydrogen) atoms. The number of nitrogens with one attached hydrogen (secondary N) is 2. The number of hydrogen-bond acceptors (Lipinski definition) is 8. The molecular formula is C25H24ClN7O2. The summed E-state index contributed by atoms with van der Waals surface area (Å²) >= 11 is 6.13. The fourth-order valence-corrected chi connectivity index (χ4v) is 3.44. The summed E-state index contributed by atoms with van der Waals surface area (Å²) < 4.78 is 5.86. The van der Waals surface area contributed by atoms with Crippen molar-refractivity contribution in [3.63, 3.8) is 0 Å². The van der Waals surface area contributed by atoms with Crippen LogP contribution in [-0.2, 0) is 4.79 Å². The maximum atomic E-state index is 12.0. The van der Waals surface area contributed by atoms with Gasteiger partial charge in [0.15, 0.2) is 0 Å². The van der Waals surface area contributed by atoms with Crippen molar-refractivity contribution in [2.45, 2.75) is 0 Å². The minimum absolute atomic E-state index is 0.339. The van der Waals surface area contributed by atoms with Crippen LogP contribution in [0.15, 0.2) is 67.9 Å². The molecule has 0 radical (unpaired) electrons. The van der Waals surface area contributed by atoms with Gasteiger partial charge >= 0.3 is 0 Å². The number of hydrogen-bond donors (Lipinski definition) is 2. The molecule has 4 rings (SSSR count). The van der Waals surface area contributed by atoms with E-state index in [9.17, 15) is 4.79 Å². The third-order valence-electron chi connectivity index (χ3n) is 4.98. The fraction of sp³-hybridized carbons (Fsp3) is 0.160. The Morgan fingerprint density at radius 3 is 2.74 bits per heavy atom. The van der Waals surface area contributed by atoms with Gasteiger partial charge in [0.05, 0.1) is 16.2 Å². The number of anilines is 3. The van der Waals surface area contributed by atoms with Crippen LogP contribution in [0.1, 0.15) is 0 Å². The van der Waals surface area contributed by atoms with Gasteiger partial charge in [-0.2, -0.15) is 0 Å². The van der Waals surface area contributed by atoms with Gasteiger partial charge in [-0.05, 0) is 44.4 Å². The first-order valence-electron chi connectivity index (χ1n) is 10.8. The number of benzene rings is 1. The molecule has 3 heterocycles. The molecule has 4 aromatic rings. The number of nitrogens with zero attached hydrogens (tertiary/aromatic N) is 5. The fourth-order valence-electron chi connectivity index (χ4n) is 3.27. The van der Waals surface area contributed by atoms with E-state index < -0.39 is 0 Å². The van der Waals surface area contributed by atoms with Crippen LogP contribution in [0.25, 0.3) is 22.0 Å². The number of pyridine rings is 2. The van der Waals surface area contributed by atoms with Gasteiger partial charge in [-0.15, -0.1) is 0 Å². The van der Waals surface area contributed by atoms with Gasteiger partial charge in [-0.1, -0.05) is 18.2 Å². The van der Waals surface area contributed by atoms with Gasteiger partial charge < -0.3 is 20.3 Å². The monoisotopic (exact) mass is 489 g/mol. The predicted octanol–water partition coefficient (Wildman–Crippen LogP) is 4.55. The van der Waals surface area contributed by atoms with Crippen LogP contribution >= 0.6 is 11.6 Å². The highest BCUT2D eigenvalue weighted by Crippen LogP contribution is 2.31. The van der Waals surface area contributed by atoms with Gasteiger partial charge in [-0.25, -0.2) is 9.97 Å². The van der Waals surface area contributed by atoms with Crippen molar-refractivity contribution in [3.05, 3.63) is 72.9 Å². The molecule has 2 N–H and O–H groups in total. The second-order valence-corrected chi connectivity index (χ2v) is 8.33. The van der Waals surface area contributed by atoms with Gasteiger partial charge in [-0.3, -0.25) is 14.8 Å². The smallest absolute Gasteiger partial charge is 0.247 e. The van der Waals surface area contributed by atoms with Crippen molar-refractivity contribution < 1.29 is 9.53 Å². The Hall–Kier alpha value is -4.08. The van der Waals surface area contributed by atoms with Crippen molar-refractivity contribution in [1.29, 1.82) is 0 Å². The first-order valence-corrected chi connectivity index (χ1v) is 11.1. The standard InChI is InChI=1S/C25H24ClN7O2/c1-4-23(34)31-21-10-19(5-6-22(21)35-8-7-33(2)3)30-25-29-13-17-12-28-15-20(24(17)32-25)16-9-18(26)14-27-11-16/h4-6,9-15H,1,7-8H2,2-3H3,(H,31,34)(H,29,30,32). The summed E-state index contributed by atoms with van der Waals surface area (Å²) in [7, 11) is 3.93. The molecule has 0 saturated heterocycles. The summed E-state index contributed by atoms with van der Waals surface area (Å²) in [6.07, 6.45) is 9.59. The predicted molar refractivity (Wildman–Crippen MR) is 138 cm³/mol. The lowest BCUT2D eigenvalue weighted by Gasteiger charge is -2.16. The molecule has 1 amide bonds. The zero-order valence-corrected chi connectivity index (χ0v) is 20.1. The summed E-state index contributed by atoms with van der Waals surface area (Å²) in [6, 6.07) is 7.18. The van der Waals surface area contributed by atoms with Crippen LogP contribution in [0.5, 0.6) is 5.75 Å². The number of fused-ring (bicyclic) bond motifs is 1. The summed E-state index contributed by atoms with van der Waals surface area (Å²) in [6.45, 7) is 4.72. The van der Waals surface area contributed by atoms with Crippen LogP contribution in [0.4, 0.5) is 17.3 Å². The number of likely N-dealkylation sites (N-methyl/N-ethyl adjacent to an activating group) is 1. The van der Waals surface area contributed by atoms with E-state index >= 15 is 0 Å². The van der Waals surface area contributed by atoms with E-state index in [4.69, 9.17) is 21.3 Å². The van der Waals surface area contributed by atoms with E-state index in [1.807, 2.05) is 31.1 Å². The Morgan fingerprint density at radius 1 is 1.14 bits per heavy atom. The molecule has 3 aromatic heterocycles. The summed E-state index contributed by atoms with van der Waals surface area (Å²) in [4.78, 5) is 31.5. The van der Waals surface area contributed by atoms with E-state index in [0.29, 0.717) is 40.2 Å². The van der Waals surface area contributed by atoms with Gasteiger partial charge in [0.2, 0.25) is 11.9 Å². The van der Waals surface area contributed by atoms with E-state index in [0.717, 1.165) is 23.1 Å². The molecule has 0 aliphatic carbocycles. The molecule has 0 fully saturated rings. The van der Waals surface area contributed by atoms with E-state index in [1.54, 1.807) is 43.1 Å². The molecule has 10 heteroatoms. The lowest BCUT2D eigenvalue weighted by Crippen LogP contribution is -2.20. The maximum absolute atomic E-state index is 12.0. The molecule has 1 aromatic carbocycles. The highest BCUT2D eigenvalue weighted by Gasteiger charge is 2.12. The van der Waals surface area contributed by atoms with Crippen LogP contribution in [-0.4, -0.2) is 58.0 Å². The van der Waals surface area contributed by atoms with Crippen molar-refractivity contribution in [1.82, 2.24) is 24.8 Å². The second-order valence-electron chi connectivity index (χ2n) is 7.89. The summed E-state index contributed by atoms with van der Waals surface area (Å²) in [5.41, 5.74) is 3.46. The van der Waals surface area contributed by atoms with Crippen LogP contribution in [0, 0.1) is 0 Å². The summed E-state index contributed by atoms with van der Waals surface area (Å²) in [5, 5.41) is 7.28. The van der Waals surface area contributed by atoms with Crippen molar-refractivity contribution >= 4 is 45.7 Å². The second kappa shape index (κ2) is 10.9. The number of rotatable bonds is 9. The van der Waals surface area contributed by atoms with Crippen molar-refractivity contribution in [2.24, 2.45) is 0 Å². The van der Waals surface area contributed by atoms with Gasteiger partial charge in [0, 0.05) is 59.7 Å². The van der Waals surface area contributed by atoms with E-state index in [2.05, 4.69) is 32.2 Å². The average Bonchev–Trinajstić information content (AvgIpc) is 2.84. The topological polar surface area (TPSA) is 105 Å². The zero-order valence-electron chi connectivity index (χ0n) is 19.3. The SMILES string of the molecule is C=CC(=O)Nc1cc(Nc2ncc3cncc(-c4cncc(Cl)c4)c3n2)ccc1OCCN(C)C. The maximum Gasteiger partial charge on any atom is 0.247 e. The molecule has 0 atom stereocenters. The number of carbonyl (C=O) groups is 1. The minimum atomic E-state index is -0.339. The van der Waals surface area contributed by atoms with Gasteiger partial charge in [0.25, 0.3) is 0 Å². The molecule has 0 spiro atoms. The third kappa shape index (κ3) is 6.08. The Kier molecular flexibility index (Phi) is 7.49. The van der Waals surface area contributed by atoms with Crippen LogP contribution in [0.3, 0.4) is 0 Å². The molecule has 0 bridgehead atoms. The van der Waals surface area contributed by atoms with Crippen molar-refractivity contribution in [3.8, 4) is 16.9 Å². The number of carbonyl (C=O) groups excluding carboxylic acids is 1. The molecule has 0 unspecified atom stereocenters. The molecule has 0 aliphatic rings. The first kappa shape index (κ1) is 24.1. The molecular weight excluding hydrogens is 466 g/mol. The zero-order chi connectivity index (χ0) is 24.8. The molecule has 0 aliphatic heterocycles. The number of amides is 1. The lowest BCUT2D eigenvalue weighted by molar-refractivity contribution is -0.111. The first-order chi connectivity index (χ1) is 16.9. The Morgan fingerprint density at radius 2 is 1.97 bits per heavy atom. The number of halogens is 1. The normalized spacial score (nSPS) is 10.9. The Labute approximate surface area is 207 Å². The quantitative estimate of drug-likeness (QED) is 0.330. The number of aromatic nitrogens is 4. The summed E-state index contributed by atoms with van der Waals surface area (Å²) in [5.74, 6) is 0.588. The molecule has 9 nitrogen and oxygen atoms in total. The largest absolute Gasteiger partial charge is 0.490 e.